The van der Waals surface area contributed by atoms with Crippen molar-refractivity contribution in [2.75, 3.05) is 18.1 Å². The van der Waals surface area contributed by atoms with E-state index in [-0.39, 0.29) is 5.56 Å². The highest BCUT2D eigenvalue weighted by Gasteiger charge is 2.23. The first-order valence-corrected chi connectivity index (χ1v) is 11.0. The molecule has 1 saturated carbocycles. The molecule has 0 aliphatic heterocycles. The van der Waals surface area contributed by atoms with E-state index in [1.807, 2.05) is 24.0 Å². The lowest BCUT2D eigenvalue weighted by Crippen LogP contribution is -2.19. The Balaban J connectivity index is 0.000000735. The third-order valence-electron chi connectivity index (χ3n) is 5.05. The zero-order chi connectivity index (χ0) is 22.1. The fraction of sp³-hybridized carbons (Fsp3) is 0.542. The molecular formula is C24H35N3O3. The SMILES string of the molecule is CCCC.CCN(c1ccc(C(C)C)c(OCC2CC2)c1)c1ncc(C(=O)O)cn1. The van der Waals surface area contributed by atoms with E-state index in [0.29, 0.717) is 24.3 Å². The molecule has 1 aliphatic rings. The van der Waals surface area contributed by atoms with Gasteiger partial charge in [0.1, 0.15) is 5.75 Å². The lowest BCUT2D eigenvalue weighted by Gasteiger charge is -2.23. The maximum atomic E-state index is 11.0. The number of hydrogen-bond acceptors (Lipinski definition) is 5. The van der Waals surface area contributed by atoms with Crippen molar-refractivity contribution in [2.45, 2.75) is 66.2 Å². The number of carbonyl (C=O) groups is 1. The second-order valence-electron chi connectivity index (χ2n) is 7.95. The van der Waals surface area contributed by atoms with Gasteiger partial charge in [-0.2, -0.15) is 0 Å². The van der Waals surface area contributed by atoms with Crippen LogP contribution < -0.4 is 9.64 Å². The number of benzene rings is 1. The van der Waals surface area contributed by atoms with E-state index in [1.54, 1.807) is 0 Å². The van der Waals surface area contributed by atoms with Crippen LogP contribution in [0.15, 0.2) is 30.6 Å². The third-order valence-corrected chi connectivity index (χ3v) is 5.05. The monoisotopic (exact) mass is 413 g/mol. The topological polar surface area (TPSA) is 75.5 Å². The number of nitrogens with zero attached hydrogens (tertiary/aromatic N) is 3. The van der Waals surface area contributed by atoms with Crippen LogP contribution in [0.5, 0.6) is 5.75 Å². The molecule has 0 unspecified atom stereocenters. The molecule has 0 bridgehead atoms. The van der Waals surface area contributed by atoms with Gasteiger partial charge in [0.2, 0.25) is 5.95 Å². The first-order valence-electron chi connectivity index (χ1n) is 11.0. The Morgan fingerprint density at radius 2 is 1.80 bits per heavy atom. The van der Waals surface area contributed by atoms with Crippen LogP contribution in [0.1, 0.15) is 82.1 Å². The summed E-state index contributed by atoms with van der Waals surface area (Å²) in [5, 5.41) is 9.01. The van der Waals surface area contributed by atoms with E-state index in [9.17, 15) is 4.79 Å². The molecule has 1 heterocycles. The minimum atomic E-state index is -1.03. The molecule has 3 rings (SSSR count). The molecule has 1 aromatic heterocycles. The Kier molecular flexibility index (Phi) is 9.09. The van der Waals surface area contributed by atoms with Gasteiger partial charge in [0, 0.05) is 30.7 Å². The molecular weight excluding hydrogens is 378 g/mol. The molecule has 1 N–H and O–H groups in total. The summed E-state index contributed by atoms with van der Waals surface area (Å²) in [6, 6.07) is 6.17. The summed E-state index contributed by atoms with van der Waals surface area (Å²) in [4.78, 5) is 21.4. The van der Waals surface area contributed by atoms with Gasteiger partial charge < -0.3 is 14.7 Å². The highest BCUT2D eigenvalue weighted by molar-refractivity contribution is 5.86. The first kappa shape index (κ1) is 23.6. The number of unbranched alkanes of at least 4 members (excludes halogenated alkanes) is 1. The molecule has 1 aliphatic carbocycles. The number of carboxylic acid groups (broad SMARTS) is 1. The van der Waals surface area contributed by atoms with Gasteiger partial charge in [-0.15, -0.1) is 0 Å². The van der Waals surface area contributed by atoms with Gasteiger partial charge in [0.15, 0.2) is 0 Å². The van der Waals surface area contributed by atoms with Crippen LogP contribution in [0.2, 0.25) is 0 Å². The van der Waals surface area contributed by atoms with E-state index >= 15 is 0 Å². The Labute approximate surface area is 180 Å². The minimum Gasteiger partial charge on any atom is -0.493 e. The van der Waals surface area contributed by atoms with Gasteiger partial charge in [-0.25, -0.2) is 14.8 Å². The summed E-state index contributed by atoms with van der Waals surface area (Å²) in [5.41, 5.74) is 2.20. The van der Waals surface area contributed by atoms with Crippen molar-refractivity contribution >= 4 is 17.6 Å². The number of hydrogen-bond donors (Lipinski definition) is 1. The summed E-state index contributed by atoms with van der Waals surface area (Å²) >= 11 is 0. The summed E-state index contributed by atoms with van der Waals surface area (Å²) in [5.74, 6) is 1.41. The molecule has 0 amide bonds. The Bertz CT molecular complexity index is 800. The summed E-state index contributed by atoms with van der Waals surface area (Å²) in [6.45, 7) is 12.1. The average molecular weight is 414 g/mol. The number of aromatic carboxylic acids is 1. The van der Waals surface area contributed by atoms with E-state index in [4.69, 9.17) is 9.84 Å². The summed E-state index contributed by atoms with van der Waals surface area (Å²) in [6.07, 6.45) is 7.81. The third kappa shape index (κ3) is 6.71. The van der Waals surface area contributed by atoms with Crippen LogP contribution in [0.3, 0.4) is 0 Å². The Hall–Kier alpha value is -2.63. The van der Waals surface area contributed by atoms with Gasteiger partial charge >= 0.3 is 5.97 Å². The maximum Gasteiger partial charge on any atom is 0.338 e. The molecule has 1 fully saturated rings. The van der Waals surface area contributed by atoms with E-state index < -0.39 is 5.97 Å². The fourth-order valence-electron chi connectivity index (χ4n) is 2.80. The maximum absolute atomic E-state index is 11.0. The minimum absolute atomic E-state index is 0.0772. The fourth-order valence-corrected chi connectivity index (χ4v) is 2.80. The summed E-state index contributed by atoms with van der Waals surface area (Å²) < 4.78 is 6.10. The van der Waals surface area contributed by atoms with Gasteiger partial charge in [-0.3, -0.25) is 0 Å². The second-order valence-corrected chi connectivity index (χ2v) is 7.95. The molecule has 0 atom stereocenters. The molecule has 2 aromatic rings. The van der Waals surface area contributed by atoms with Crippen molar-refractivity contribution in [1.29, 1.82) is 0 Å². The van der Waals surface area contributed by atoms with Crippen molar-refractivity contribution in [3.8, 4) is 5.75 Å². The van der Waals surface area contributed by atoms with Crippen LogP contribution in [-0.4, -0.2) is 34.2 Å². The summed E-state index contributed by atoms with van der Waals surface area (Å²) in [7, 11) is 0. The van der Waals surface area contributed by atoms with Crippen molar-refractivity contribution in [2.24, 2.45) is 5.92 Å². The van der Waals surface area contributed by atoms with Gasteiger partial charge in [0.05, 0.1) is 12.2 Å². The largest absolute Gasteiger partial charge is 0.493 e. The zero-order valence-corrected chi connectivity index (χ0v) is 18.9. The van der Waals surface area contributed by atoms with Crippen LogP contribution in [0.4, 0.5) is 11.6 Å². The van der Waals surface area contributed by atoms with Crippen molar-refractivity contribution < 1.29 is 14.6 Å². The predicted molar refractivity (Wildman–Crippen MR) is 121 cm³/mol. The van der Waals surface area contributed by atoms with Crippen molar-refractivity contribution in [3.05, 3.63) is 41.7 Å². The smallest absolute Gasteiger partial charge is 0.338 e. The van der Waals surface area contributed by atoms with E-state index in [1.165, 1.54) is 43.6 Å². The number of aromatic nitrogens is 2. The number of ether oxygens (including phenoxy) is 1. The van der Waals surface area contributed by atoms with Crippen LogP contribution in [0.25, 0.3) is 0 Å². The average Bonchev–Trinajstić information content (AvgIpc) is 3.58. The lowest BCUT2D eigenvalue weighted by molar-refractivity contribution is 0.0696. The van der Waals surface area contributed by atoms with Crippen molar-refractivity contribution in [3.63, 3.8) is 0 Å². The van der Waals surface area contributed by atoms with Crippen LogP contribution >= 0.6 is 0 Å². The molecule has 6 nitrogen and oxygen atoms in total. The molecule has 0 spiro atoms. The second kappa shape index (κ2) is 11.5. The van der Waals surface area contributed by atoms with Gasteiger partial charge in [0.25, 0.3) is 0 Å². The predicted octanol–water partition coefficient (Wildman–Crippen LogP) is 6.05. The van der Waals surface area contributed by atoms with E-state index in [0.717, 1.165) is 18.0 Å². The molecule has 0 saturated heterocycles. The van der Waals surface area contributed by atoms with Crippen LogP contribution in [-0.2, 0) is 0 Å². The standard InChI is InChI=1S/C20H25N3O3.C4H10/c1-4-23(20-21-10-15(11-22-20)19(24)25)16-7-8-17(13(2)3)18(9-16)26-12-14-5-6-14;1-3-4-2/h7-11,13-14H,4-6,12H2,1-3H3,(H,24,25);3-4H2,1-2H3. The number of anilines is 2. The van der Waals surface area contributed by atoms with Gasteiger partial charge in [-0.1, -0.05) is 46.6 Å². The molecule has 30 heavy (non-hydrogen) atoms. The first-order chi connectivity index (χ1) is 14.4. The number of carboxylic acids is 1. The van der Waals surface area contributed by atoms with Gasteiger partial charge in [-0.05, 0) is 43.2 Å². The molecule has 1 aromatic carbocycles. The quantitative estimate of drug-likeness (QED) is 0.539. The zero-order valence-electron chi connectivity index (χ0n) is 18.9. The molecule has 164 valence electrons. The molecule has 6 heteroatoms. The highest BCUT2D eigenvalue weighted by Crippen LogP contribution is 2.35. The normalized spacial score (nSPS) is 12.9. The lowest BCUT2D eigenvalue weighted by atomic mass is 10.0. The highest BCUT2D eigenvalue weighted by atomic mass is 16.5. The van der Waals surface area contributed by atoms with Crippen LogP contribution in [0, 0.1) is 5.92 Å². The number of rotatable bonds is 9. The van der Waals surface area contributed by atoms with Crippen molar-refractivity contribution in [1.82, 2.24) is 9.97 Å². The molecule has 0 radical (unpaired) electrons. The van der Waals surface area contributed by atoms with E-state index in [2.05, 4.69) is 43.7 Å². The Morgan fingerprint density at radius 3 is 2.27 bits per heavy atom. The Morgan fingerprint density at radius 1 is 1.17 bits per heavy atom.